The molecular formula is C11H13NO3. The van der Waals surface area contributed by atoms with E-state index in [1.165, 1.54) is 13.3 Å². The van der Waals surface area contributed by atoms with Gasteiger partial charge in [-0.2, -0.15) is 0 Å². The molecule has 0 amide bonds. The lowest BCUT2D eigenvalue weighted by atomic mass is 10.2. The molecule has 0 fully saturated rings. The summed E-state index contributed by atoms with van der Waals surface area (Å²) in [6, 6.07) is 6.21. The van der Waals surface area contributed by atoms with Gasteiger partial charge in [0.05, 0.1) is 7.11 Å². The number of benzene rings is 1. The Morgan fingerprint density at radius 1 is 1.53 bits per heavy atom. The maximum atomic E-state index is 11.0. The highest BCUT2D eigenvalue weighted by Crippen LogP contribution is 2.13. The van der Waals surface area contributed by atoms with Gasteiger partial charge in [0.15, 0.2) is 0 Å². The largest absolute Gasteiger partial charge is 0.507 e. The van der Waals surface area contributed by atoms with Crippen LogP contribution in [0.2, 0.25) is 0 Å². The average molecular weight is 207 g/mol. The van der Waals surface area contributed by atoms with Crippen molar-refractivity contribution in [1.82, 2.24) is 0 Å². The van der Waals surface area contributed by atoms with Crippen molar-refractivity contribution in [2.24, 2.45) is 4.99 Å². The Kier molecular flexibility index (Phi) is 3.85. The summed E-state index contributed by atoms with van der Waals surface area (Å²) in [6.07, 6.45) is 1.46. The van der Waals surface area contributed by atoms with Gasteiger partial charge in [0, 0.05) is 11.8 Å². The smallest absolute Gasteiger partial charge is 0.330 e. The van der Waals surface area contributed by atoms with Gasteiger partial charge in [-0.1, -0.05) is 12.1 Å². The van der Waals surface area contributed by atoms with Crippen molar-refractivity contribution in [3.8, 4) is 5.75 Å². The van der Waals surface area contributed by atoms with Crippen LogP contribution in [0.25, 0.3) is 0 Å². The molecule has 4 nitrogen and oxygen atoms in total. The summed E-state index contributed by atoms with van der Waals surface area (Å²) in [5, 5.41) is 9.41. The van der Waals surface area contributed by atoms with E-state index in [0.29, 0.717) is 5.56 Å². The van der Waals surface area contributed by atoms with E-state index in [2.05, 4.69) is 9.73 Å². The van der Waals surface area contributed by atoms with Gasteiger partial charge in [-0.15, -0.1) is 0 Å². The fraction of sp³-hybridized carbons (Fsp3) is 0.273. The predicted octanol–water partition coefficient (Wildman–Crippen LogP) is 1.37. The quantitative estimate of drug-likeness (QED) is 0.601. The molecule has 4 heteroatoms. The highest BCUT2D eigenvalue weighted by atomic mass is 16.5. The summed E-state index contributed by atoms with van der Waals surface area (Å²) < 4.78 is 4.52. The summed E-state index contributed by atoms with van der Waals surface area (Å²) in [5.74, 6) is -0.264. The number of rotatable bonds is 3. The van der Waals surface area contributed by atoms with Crippen molar-refractivity contribution in [1.29, 1.82) is 0 Å². The zero-order chi connectivity index (χ0) is 11.3. The lowest BCUT2D eigenvalue weighted by Crippen LogP contribution is -2.16. The Balaban J connectivity index is 2.74. The number of hydrogen-bond acceptors (Lipinski definition) is 4. The Hall–Kier alpha value is -1.84. The molecule has 0 bridgehead atoms. The molecule has 80 valence electrons. The van der Waals surface area contributed by atoms with E-state index in [4.69, 9.17) is 0 Å². The standard InChI is InChI=1S/C11H13NO3/c1-8(11(14)15-2)12-7-9-5-3-4-6-10(9)13/h3-8,13H,1-2H3/t8-/m1/s1. The van der Waals surface area contributed by atoms with Crippen molar-refractivity contribution >= 4 is 12.2 Å². The Labute approximate surface area is 88.2 Å². The molecule has 0 unspecified atom stereocenters. The van der Waals surface area contributed by atoms with Crippen LogP contribution in [0.4, 0.5) is 0 Å². The number of phenols is 1. The molecule has 1 N–H and O–H groups in total. The van der Waals surface area contributed by atoms with Crippen LogP contribution in [-0.4, -0.2) is 30.4 Å². The van der Waals surface area contributed by atoms with Crippen molar-refractivity contribution in [3.05, 3.63) is 29.8 Å². The van der Waals surface area contributed by atoms with Crippen molar-refractivity contribution in [2.45, 2.75) is 13.0 Å². The van der Waals surface area contributed by atoms with Crippen LogP contribution in [0.5, 0.6) is 5.75 Å². The molecule has 0 radical (unpaired) electrons. The molecule has 1 rings (SSSR count). The van der Waals surface area contributed by atoms with E-state index >= 15 is 0 Å². The average Bonchev–Trinajstić information content (AvgIpc) is 2.26. The van der Waals surface area contributed by atoms with Crippen molar-refractivity contribution < 1.29 is 14.6 Å². The highest BCUT2D eigenvalue weighted by molar-refractivity contribution is 5.86. The number of aromatic hydroxyl groups is 1. The first kappa shape index (κ1) is 11.2. The number of methoxy groups -OCH3 is 1. The highest BCUT2D eigenvalue weighted by Gasteiger charge is 2.09. The molecule has 1 aromatic rings. The van der Waals surface area contributed by atoms with Crippen LogP contribution >= 0.6 is 0 Å². The molecular weight excluding hydrogens is 194 g/mol. The number of carbonyl (C=O) groups excluding carboxylic acids is 1. The number of nitrogens with zero attached hydrogens (tertiary/aromatic N) is 1. The van der Waals surface area contributed by atoms with E-state index < -0.39 is 12.0 Å². The van der Waals surface area contributed by atoms with Crippen LogP contribution in [0.1, 0.15) is 12.5 Å². The summed E-state index contributed by atoms with van der Waals surface area (Å²) in [4.78, 5) is 15.0. The molecule has 0 aliphatic carbocycles. The zero-order valence-corrected chi connectivity index (χ0v) is 8.68. The molecule has 0 saturated heterocycles. The van der Waals surface area contributed by atoms with Gasteiger partial charge in [0.25, 0.3) is 0 Å². The number of hydrogen-bond donors (Lipinski definition) is 1. The number of esters is 1. The minimum absolute atomic E-state index is 0.137. The lowest BCUT2D eigenvalue weighted by molar-refractivity contribution is -0.141. The molecule has 1 aromatic carbocycles. The van der Waals surface area contributed by atoms with Gasteiger partial charge in [-0.05, 0) is 19.1 Å². The second-order valence-corrected chi connectivity index (χ2v) is 3.04. The molecule has 15 heavy (non-hydrogen) atoms. The maximum absolute atomic E-state index is 11.0. The van der Waals surface area contributed by atoms with E-state index in [1.807, 2.05) is 0 Å². The lowest BCUT2D eigenvalue weighted by Gasteiger charge is -2.03. The van der Waals surface area contributed by atoms with Gasteiger partial charge in [0.2, 0.25) is 0 Å². The number of carbonyl (C=O) groups is 1. The van der Waals surface area contributed by atoms with Crippen LogP contribution in [0, 0.1) is 0 Å². The van der Waals surface area contributed by atoms with Gasteiger partial charge in [-0.25, -0.2) is 4.79 Å². The van der Waals surface area contributed by atoms with Crippen molar-refractivity contribution in [2.75, 3.05) is 7.11 Å². The third-order valence-electron chi connectivity index (χ3n) is 1.92. The molecule has 0 saturated carbocycles. The van der Waals surface area contributed by atoms with Crippen LogP contribution in [0.15, 0.2) is 29.3 Å². The summed E-state index contributed by atoms with van der Waals surface area (Å²) in [5.41, 5.74) is 0.577. The minimum Gasteiger partial charge on any atom is -0.507 e. The molecule has 0 aliphatic rings. The summed E-state index contributed by atoms with van der Waals surface area (Å²) >= 11 is 0. The van der Waals surface area contributed by atoms with E-state index in [9.17, 15) is 9.90 Å². The maximum Gasteiger partial charge on any atom is 0.330 e. The molecule has 0 aliphatic heterocycles. The van der Waals surface area contributed by atoms with E-state index in [-0.39, 0.29) is 5.75 Å². The first-order valence-corrected chi connectivity index (χ1v) is 4.54. The van der Waals surface area contributed by atoms with E-state index in [1.54, 1.807) is 31.2 Å². The Bertz CT molecular complexity index is 374. The first-order chi connectivity index (χ1) is 7.15. The molecule has 0 spiro atoms. The van der Waals surface area contributed by atoms with Crippen LogP contribution in [0.3, 0.4) is 0 Å². The molecule has 0 aromatic heterocycles. The molecule has 0 heterocycles. The SMILES string of the molecule is COC(=O)[C@@H](C)N=Cc1ccccc1O. The number of ether oxygens (including phenoxy) is 1. The van der Waals surface area contributed by atoms with Gasteiger partial charge in [-0.3, -0.25) is 4.99 Å². The second-order valence-electron chi connectivity index (χ2n) is 3.04. The third kappa shape index (κ3) is 3.09. The Morgan fingerprint density at radius 2 is 2.20 bits per heavy atom. The topological polar surface area (TPSA) is 58.9 Å². The number of phenolic OH excluding ortho intramolecular Hbond substituents is 1. The fourth-order valence-corrected chi connectivity index (χ4v) is 1.02. The number of para-hydroxylation sites is 1. The Morgan fingerprint density at radius 3 is 2.80 bits per heavy atom. The second kappa shape index (κ2) is 5.14. The summed E-state index contributed by atoms with van der Waals surface area (Å²) in [7, 11) is 1.31. The first-order valence-electron chi connectivity index (χ1n) is 4.54. The predicted molar refractivity (Wildman–Crippen MR) is 57.2 cm³/mol. The minimum atomic E-state index is -0.561. The van der Waals surface area contributed by atoms with Crippen LogP contribution in [-0.2, 0) is 9.53 Å². The zero-order valence-electron chi connectivity index (χ0n) is 8.68. The van der Waals surface area contributed by atoms with Gasteiger partial charge < -0.3 is 9.84 Å². The molecule has 1 atom stereocenters. The van der Waals surface area contributed by atoms with Gasteiger partial charge in [0.1, 0.15) is 11.8 Å². The fourth-order valence-electron chi connectivity index (χ4n) is 1.02. The number of aliphatic imine (C=N–C) groups is 1. The normalized spacial score (nSPS) is 12.7. The van der Waals surface area contributed by atoms with Crippen LogP contribution < -0.4 is 0 Å². The monoisotopic (exact) mass is 207 g/mol. The summed E-state index contributed by atoms with van der Waals surface area (Å²) in [6.45, 7) is 1.63. The van der Waals surface area contributed by atoms with Crippen molar-refractivity contribution in [3.63, 3.8) is 0 Å². The van der Waals surface area contributed by atoms with Gasteiger partial charge >= 0.3 is 5.97 Å². The van der Waals surface area contributed by atoms with E-state index in [0.717, 1.165) is 0 Å². The third-order valence-corrected chi connectivity index (χ3v) is 1.92.